The summed E-state index contributed by atoms with van der Waals surface area (Å²) in [4.78, 5) is 28.0. The van der Waals surface area contributed by atoms with Gasteiger partial charge in [-0.05, 0) is 37.1 Å². The molecule has 3 rings (SSSR count). The Labute approximate surface area is 190 Å². The van der Waals surface area contributed by atoms with E-state index in [0.717, 1.165) is 16.7 Å². The quantitative estimate of drug-likeness (QED) is 0.526. The molecule has 0 bridgehead atoms. The Morgan fingerprint density at radius 2 is 1.47 bits per heavy atom. The summed E-state index contributed by atoms with van der Waals surface area (Å²) in [6.07, 6.45) is 0.426. The summed E-state index contributed by atoms with van der Waals surface area (Å²) in [5.74, 6) is 0.221. The Morgan fingerprint density at radius 1 is 0.875 bits per heavy atom. The molecule has 166 valence electrons. The van der Waals surface area contributed by atoms with Crippen LogP contribution in [0.15, 0.2) is 84.9 Å². The maximum absolute atomic E-state index is 13.3. The van der Waals surface area contributed by atoms with Gasteiger partial charge < -0.3 is 15.0 Å². The van der Waals surface area contributed by atoms with Crippen LogP contribution in [-0.4, -0.2) is 35.9 Å². The molecule has 0 heterocycles. The van der Waals surface area contributed by atoms with Gasteiger partial charge in [-0.15, -0.1) is 0 Å². The highest BCUT2D eigenvalue weighted by Crippen LogP contribution is 2.16. The fraction of sp³-hybridized carbons (Fsp3) is 0.259. The van der Waals surface area contributed by atoms with Gasteiger partial charge in [-0.3, -0.25) is 9.59 Å². The zero-order valence-electron chi connectivity index (χ0n) is 18.7. The van der Waals surface area contributed by atoms with Crippen LogP contribution in [0.4, 0.5) is 0 Å². The van der Waals surface area contributed by atoms with Crippen LogP contribution in [0.1, 0.15) is 23.6 Å². The number of hydrogen-bond donors (Lipinski definition) is 1. The van der Waals surface area contributed by atoms with Crippen LogP contribution < -0.4 is 10.1 Å². The number of nitrogens with one attached hydrogen (secondary N) is 1. The molecule has 2 amide bonds. The Bertz CT molecular complexity index is 988. The molecule has 0 fully saturated rings. The normalized spacial score (nSPS) is 11.4. The summed E-state index contributed by atoms with van der Waals surface area (Å²) in [6.45, 7) is 4.56. The number of amides is 2. The lowest BCUT2D eigenvalue weighted by Gasteiger charge is -2.31. The van der Waals surface area contributed by atoms with Crippen LogP contribution >= 0.6 is 0 Å². The fourth-order valence-corrected chi connectivity index (χ4v) is 3.49. The monoisotopic (exact) mass is 430 g/mol. The maximum atomic E-state index is 13.3. The lowest BCUT2D eigenvalue weighted by atomic mass is 10.0. The number of ether oxygens (including phenoxy) is 1. The summed E-state index contributed by atoms with van der Waals surface area (Å²) in [5, 5.41) is 2.89. The van der Waals surface area contributed by atoms with Gasteiger partial charge >= 0.3 is 0 Å². The van der Waals surface area contributed by atoms with Crippen molar-refractivity contribution in [3.05, 3.63) is 102 Å². The first-order valence-electron chi connectivity index (χ1n) is 10.9. The molecule has 0 aromatic heterocycles. The van der Waals surface area contributed by atoms with Crippen LogP contribution in [0.5, 0.6) is 5.75 Å². The Hall–Kier alpha value is -3.60. The molecule has 0 aliphatic rings. The average Bonchev–Trinajstić information content (AvgIpc) is 2.82. The van der Waals surface area contributed by atoms with Crippen molar-refractivity contribution in [3.8, 4) is 5.75 Å². The minimum atomic E-state index is -0.647. The predicted octanol–water partition coefficient (Wildman–Crippen LogP) is 4.15. The van der Waals surface area contributed by atoms with Crippen LogP contribution in [0.3, 0.4) is 0 Å². The average molecular weight is 431 g/mol. The molecule has 0 aliphatic carbocycles. The van der Waals surface area contributed by atoms with Gasteiger partial charge in [-0.1, -0.05) is 78.4 Å². The molecule has 0 saturated heterocycles. The number of aryl methyl sites for hydroxylation is 1. The Morgan fingerprint density at radius 3 is 2.06 bits per heavy atom. The van der Waals surface area contributed by atoms with E-state index in [-0.39, 0.29) is 18.4 Å². The minimum absolute atomic E-state index is 0.138. The molecular formula is C27H30N2O3. The smallest absolute Gasteiger partial charge is 0.261 e. The van der Waals surface area contributed by atoms with Crippen molar-refractivity contribution < 1.29 is 14.3 Å². The number of likely N-dealkylation sites (N-methyl/N-ethyl adjacent to an activating group) is 1. The summed E-state index contributed by atoms with van der Waals surface area (Å²) < 4.78 is 5.76. The highest BCUT2D eigenvalue weighted by molar-refractivity contribution is 5.88. The van der Waals surface area contributed by atoms with Crippen molar-refractivity contribution in [2.45, 2.75) is 32.9 Å². The molecule has 3 aromatic carbocycles. The van der Waals surface area contributed by atoms with Crippen molar-refractivity contribution >= 4 is 11.8 Å². The SMILES string of the molecule is CCNC(=O)[C@@H](Cc1ccccc1)N(Cc1ccccc1)C(=O)COc1ccc(C)cc1. The van der Waals surface area contributed by atoms with E-state index in [4.69, 9.17) is 4.74 Å². The van der Waals surface area contributed by atoms with Crippen molar-refractivity contribution in [2.24, 2.45) is 0 Å². The first kappa shape index (κ1) is 23.1. The van der Waals surface area contributed by atoms with Gasteiger partial charge in [0.15, 0.2) is 6.61 Å². The van der Waals surface area contributed by atoms with E-state index in [9.17, 15) is 9.59 Å². The van der Waals surface area contributed by atoms with E-state index in [1.807, 2.05) is 98.8 Å². The number of benzene rings is 3. The van der Waals surface area contributed by atoms with E-state index in [0.29, 0.717) is 25.3 Å². The molecule has 1 N–H and O–H groups in total. The van der Waals surface area contributed by atoms with Gasteiger partial charge in [0.2, 0.25) is 5.91 Å². The molecule has 0 saturated carbocycles. The Kier molecular flexibility index (Phi) is 8.44. The molecular weight excluding hydrogens is 400 g/mol. The molecule has 0 spiro atoms. The molecule has 5 nitrogen and oxygen atoms in total. The third-order valence-corrected chi connectivity index (χ3v) is 5.20. The second-order valence-electron chi connectivity index (χ2n) is 7.71. The molecule has 32 heavy (non-hydrogen) atoms. The van der Waals surface area contributed by atoms with E-state index in [1.165, 1.54) is 0 Å². The van der Waals surface area contributed by atoms with Crippen molar-refractivity contribution in [3.63, 3.8) is 0 Å². The zero-order valence-corrected chi connectivity index (χ0v) is 18.7. The summed E-state index contributed by atoms with van der Waals surface area (Å²) >= 11 is 0. The van der Waals surface area contributed by atoms with Crippen molar-refractivity contribution in [1.82, 2.24) is 10.2 Å². The summed E-state index contributed by atoms with van der Waals surface area (Å²) in [5.41, 5.74) is 3.07. The number of rotatable bonds is 10. The van der Waals surface area contributed by atoms with Crippen LogP contribution in [0.2, 0.25) is 0 Å². The van der Waals surface area contributed by atoms with Crippen LogP contribution in [0, 0.1) is 6.92 Å². The molecule has 0 unspecified atom stereocenters. The topological polar surface area (TPSA) is 58.6 Å². The zero-order chi connectivity index (χ0) is 22.8. The van der Waals surface area contributed by atoms with Gasteiger partial charge in [0.1, 0.15) is 11.8 Å². The lowest BCUT2D eigenvalue weighted by molar-refractivity contribution is -0.142. The van der Waals surface area contributed by atoms with Gasteiger partial charge in [0, 0.05) is 19.5 Å². The van der Waals surface area contributed by atoms with E-state index in [1.54, 1.807) is 4.90 Å². The second-order valence-corrected chi connectivity index (χ2v) is 7.71. The Balaban J connectivity index is 1.85. The lowest BCUT2D eigenvalue weighted by Crippen LogP contribution is -2.51. The van der Waals surface area contributed by atoms with Gasteiger partial charge in [-0.25, -0.2) is 0 Å². The standard InChI is InChI=1S/C27H30N2O3/c1-3-28-27(31)25(18-22-10-6-4-7-11-22)29(19-23-12-8-5-9-13-23)26(30)20-32-24-16-14-21(2)15-17-24/h4-17,25H,3,18-20H2,1-2H3,(H,28,31)/t25-/m1/s1. The number of carbonyl (C=O) groups is 2. The van der Waals surface area contributed by atoms with Gasteiger partial charge in [0.05, 0.1) is 0 Å². The van der Waals surface area contributed by atoms with E-state index in [2.05, 4.69) is 5.32 Å². The molecule has 3 aromatic rings. The van der Waals surface area contributed by atoms with Gasteiger partial charge in [0.25, 0.3) is 5.91 Å². The minimum Gasteiger partial charge on any atom is -0.484 e. The molecule has 5 heteroatoms. The third kappa shape index (κ3) is 6.71. The van der Waals surface area contributed by atoms with E-state index >= 15 is 0 Å². The maximum Gasteiger partial charge on any atom is 0.261 e. The largest absolute Gasteiger partial charge is 0.484 e. The summed E-state index contributed by atoms with van der Waals surface area (Å²) in [7, 11) is 0. The first-order valence-corrected chi connectivity index (χ1v) is 10.9. The van der Waals surface area contributed by atoms with Crippen molar-refractivity contribution in [1.29, 1.82) is 0 Å². The summed E-state index contributed by atoms with van der Waals surface area (Å²) in [6, 6.07) is 26.4. The number of nitrogens with zero attached hydrogens (tertiary/aromatic N) is 1. The molecule has 0 radical (unpaired) electrons. The van der Waals surface area contributed by atoms with Crippen molar-refractivity contribution in [2.75, 3.05) is 13.2 Å². The molecule has 0 aliphatic heterocycles. The molecule has 1 atom stereocenters. The number of hydrogen-bond acceptors (Lipinski definition) is 3. The first-order chi connectivity index (χ1) is 15.6. The third-order valence-electron chi connectivity index (χ3n) is 5.20. The van der Waals surface area contributed by atoms with E-state index < -0.39 is 6.04 Å². The predicted molar refractivity (Wildman–Crippen MR) is 126 cm³/mol. The van der Waals surface area contributed by atoms with Crippen LogP contribution in [-0.2, 0) is 22.6 Å². The highest BCUT2D eigenvalue weighted by Gasteiger charge is 2.30. The highest BCUT2D eigenvalue weighted by atomic mass is 16.5. The van der Waals surface area contributed by atoms with Gasteiger partial charge in [-0.2, -0.15) is 0 Å². The number of carbonyl (C=O) groups excluding carboxylic acids is 2. The van der Waals surface area contributed by atoms with Crippen LogP contribution in [0.25, 0.3) is 0 Å². The fourth-order valence-electron chi connectivity index (χ4n) is 3.49. The second kappa shape index (κ2) is 11.7.